The first-order chi connectivity index (χ1) is 12.2. The number of hydrogen-bond acceptors (Lipinski definition) is 4. The Morgan fingerprint density at radius 1 is 1.12 bits per heavy atom. The summed E-state index contributed by atoms with van der Waals surface area (Å²) in [6, 6.07) is 18.0. The van der Waals surface area contributed by atoms with Gasteiger partial charge in [-0.1, -0.05) is 30.3 Å². The molecule has 5 nitrogen and oxygen atoms in total. The van der Waals surface area contributed by atoms with Gasteiger partial charge >= 0.3 is 0 Å². The van der Waals surface area contributed by atoms with Gasteiger partial charge < -0.3 is 14.1 Å². The third kappa shape index (κ3) is 4.55. The van der Waals surface area contributed by atoms with Crippen LogP contribution in [0.5, 0.6) is 5.75 Å². The Morgan fingerprint density at radius 2 is 1.84 bits per heavy atom. The molecule has 130 valence electrons. The van der Waals surface area contributed by atoms with Crippen LogP contribution in [-0.2, 0) is 13.2 Å². The average molecular weight is 356 g/mol. The summed E-state index contributed by atoms with van der Waals surface area (Å²) in [5.41, 5.74) is 2.16. The lowest BCUT2D eigenvalue weighted by atomic mass is 10.2. The van der Waals surface area contributed by atoms with Crippen molar-refractivity contribution in [2.24, 2.45) is 0 Å². The van der Waals surface area contributed by atoms with Crippen LogP contribution in [-0.4, -0.2) is 23.4 Å². The largest absolute Gasteiger partial charge is 0.494 e. The average Bonchev–Trinajstić information content (AvgIpc) is 2.97. The molecule has 0 aliphatic heterocycles. The van der Waals surface area contributed by atoms with E-state index >= 15 is 0 Å². The van der Waals surface area contributed by atoms with Crippen LogP contribution in [0.1, 0.15) is 12.5 Å². The van der Waals surface area contributed by atoms with Crippen LogP contribution in [0.15, 0.2) is 59.0 Å². The van der Waals surface area contributed by atoms with Gasteiger partial charge in [0.15, 0.2) is 6.67 Å². The van der Waals surface area contributed by atoms with Crippen molar-refractivity contribution >= 4 is 12.2 Å². The molecule has 3 rings (SSSR count). The summed E-state index contributed by atoms with van der Waals surface area (Å²) >= 11 is 5.32. The minimum absolute atomic E-state index is 0.385. The van der Waals surface area contributed by atoms with Crippen molar-refractivity contribution < 1.29 is 14.1 Å². The minimum atomic E-state index is 0.385. The van der Waals surface area contributed by atoms with Crippen molar-refractivity contribution in [2.75, 3.05) is 13.7 Å². The van der Waals surface area contributed by atoms with E-state index in [0.29, 0.717) is 24.0 Å². The number of nitrogens with one attached hydrogen (secondary N) is 1. The Balaban J connectivity index is 1.70. The fourth-order valence-electron chi connectivity index (χ4n) is 2.64. The molecule has 1 atom stereocenters. The van der Waals surface area contributed by atoms with Crippen LogP contribution in [0.3, 0.4) is 0 Å². The first kappa shape index (κ1) is 17.4. The van der Waals surface area contributed by atoms with Crippen molar-refractivity contribution in [1.82, 2.24) is 9.78 Å². The minimum Gasteiger partial charge on any atom is -0.494 e. The molecule has 3 aromatic rings. The topological polar surface area (TPSA) is 44.6 Å². The summed E-state index contributed by atoms with van der Waals surface area (Å²) < 4.78 is 12.9. The maximum absolute atomic E-state index is 5.66. The molecule has 25 heavy (non-hydrogen) atoms. The Bertz CT molecular complexity index is 856. The van der Waals surface area contributed by atoms with E-state index in [0.717, 1.165) is 17.9 Å². The molecule has 0 saturated heterocycles. The SMILES string of the molecule is CCOc1ccc(-c2nn(C[NH+](C)Cc3ccccc3)c(=S)o2)cc1. The van der Waals surface area contributed by atoms with Gasteiger partial charge in [0.25, 0.3) is 4.84 Å². The fraction of sp³-hybridized carbons (Fsp3) is 0.263. The lowest BCUT2D eigenvalue weighted by Crippen LogP contribution is -3.07. The fourth-order valence-corrected chi connectivity index (χ4v) is 2.82. The number of ether oxygens (including phenoxy) is 1. The van der Waals surface area contributed by atoms with Crippen LogP contribution >= 0.6 is 12.2 Å². The second-order valence-corrected chi connectivity index (χ2v) is 6.26. The van der Waals surface area contributed by atoms with Gasteiger partial charge in [-0.25, -0.2) is 0 Å². The van der Waals surface area contributed by atoms with E-state index in [-0.39, 0.29) is 0 Å². The van der Waals surface area contributed by atoms with Gasteiger partial charge in [-0.2, -0.15) is 4.68 Å². The van der Waals surface area contributed by atoms with E-state index in [1.54, 1.807) is 4.68 Å². The molecule has 0 saturated carbocycles. The molecule has 1 aromatic heterocycles. The molecule has 6 heteroatoms. The third-order valence-electron chi connectivity index (χ3n) is 3.79. The quantitative estimate of drug-likeness (QED) is 0.661. The van der Waals surface area contributed by atoms with Crippen LogP contribution in [0, 0.1) is 4.84 Å². The molecule has 0 radical (unpaired) electrons. The predicted octanol–water partition coefficient (Wildman–Crippen LogP) is 2.94. The molecule has 0 bridgehead atoms. The van der Waals surface area contributed by atoms with Crippen molar-refractivity contribution in [3.05, 3.63) is 65.0 Å². The Labute approximate surface area is 152 Å². The first-order valence-corrected chi connectivity index (χ1v) is 8.73. The maximum atomic E-state index is 5.66. The molecule has 0 aliphatic rings. The maximum Gasteiger partial charge on any atom is 0.292 e. The Hall–Kier alpha value is -2.44. The number of hydrogen-bond donors (Lipinski definition) is 1. The molecule has 1 unspecified atom stereocenters. The van der Waals surface area contributed by atoms with Crippen LogP contribution < -0.4 is 9.64 Å². The lowest BCUT2D eigenvalue weighted by molar-refractivity contribution is -0.917. The van der Waals surface area contributed by atoms with E-state index in [4.69, 9.17) is 21.4 Å². The molecule has 0 aliphatic carbocycles. The highest BCUT2D eigenvalue weighted by Gasteiger charge is 2.12. The highest BCUT2D eigenvalue weighted by molar-refractivity contribution is 7.71. The van der Waals surface area contributed by atoms with Gasteiger partial charge in [-0.15, -0.1) is 5.10 Å². The molecular formula is C19H22N3O2S+. The number of quaternary nitrogens is 1. The number of nitrogens with zero attached hydrogens (tertiary/aromatic N) is 2. The van der Waals surface area contributed by atoms with Crippen molar-refractivity contribution in [1.29, 1.82) is 0 Å². The van der Waals surface area contributed by atoms with Gasteiger partial charge in [0, 0.05) is 11.1 Å². The van der Waals surface area contributed by atoms with Crippen molar-refractivity contribution in [3.63, 3.8) is 0 Å². The highest BCUT2D eigenvalue weighted by Crippen LogP contribution is 2.21. The van der Waals surface area contributed by atoms with E-state index in [2.05, 4.69) is 24.3 Å². The Morgan fingerprint density at radius 3 is 2.52 bits per heavy atom. The van der Waals surface area contributed by atoms with Gasteiger partial charge in [-0.05, 0) is 43.4 Å². The zero-order valence-electron chi connectivity index (χ0n) is 14.4. The van der Waals surface area contributed by atoms with Gasteiger partial charge in [0.2, 0.25) is 5.89 Å². The van der Waals surface area contributed by atoms with E-state index < -0.39 is 0 Å². The number of aromatic nitrogens is 2. The van der Waals surface area contributed by atoms with E-state index in [1.807, 2.05) is 49.4 Å². The molecule has 1 N–H and O–H groups in total. The second-order valence-electron chi connectivity index (χ2n) is 5.91. The number of benzene rings is 2. The third-order valence-corrected chi connectivity index (χ3v) is 4.08. The summed E-state index contributed by atoms with van der Waals surface area (Å²) in [4.78, 5) is 1.66. The lowest BCUT2D eigenvalue weighted by Gasteiger charge is -2.13. The highest BCUT2D eigenvalue weighted by atomic mass is 32.1. The van der Waals surface area contributed by atoms with E-state index in [9.17, 15) is 0 Å². The smallest absolute Gasteiger partial charge is 0.292 e. The second kappa shape index (κ2) is 8.09. The van der Waals surface area contributed by atoms with Gasteiger partial charge in [0.05, 0.1) is 13.7 Å². The zero-order valence-corrected chi connectivity index (χ0v) is 15.3. The molecule has 0 amide bonds. The van der Waals surface area contributed by atoms with Gasteiger partial charge in [-0.3, -0.25) is 0 Å². The molecular weight excluding hydrogens is 334 g/mol. The van der Waals surface area contributed by atoms with Crippen LogP contribution in [0.2, 0.25) is 0 Å². The summed E-state index contributed by atoms with van der Waals surface area (Å²) in [7, 11) is 2.11. The monoisotopic (exact) mass is 356 g/mol. The Kier molecular flexibility index (Phi) is 5.63. The van der Waals surface area contributed by atoms with E-state index in [1.165, 1.54) is 10.5 Å². The summed E-state index contributed by atoms with van der Waals surface area (Å²) in [5.74, 6) is 1.36. The van der Waals surface area contributed by atoms with Crippen molar-refractivity contribution in [2.45, 2.75) is 20.1 Å². The first-order valence-electron chi connectivity index (χ1n) is 8.32. The normalized spacial score (nSPS) is 12.1. The predicted molar refractivity (Wildman–Crippen MR) is 99.0 cm³/mol. The van der Waals surface area contributed by atoms with Crippen LogP contribution in [0.4, 0.5) is 0 Å². The molecule has 2 aromatic carbocycles. The standard InChI is InChI=1S/C19H21N3O2S/c1-3-23-17-11-9-16(10-12-17)18-20-22(19(25)24-18)14-21(2)13-15-7-5-4-6-8-15/h4-12H,3,13-14H2,1-2H3/p+1. The number of rotatable bonds is 7. The molecule has 1 heterocycles. The summed E-state index contributed by atoms with van der Waals surface area (Å²) in [5, 5.41) is 4.52. The van der Waals surface area contributed by atoms with Gasteiger partial charge in [0.1, 0.15) is 12.3 Å². The summed E-state index contributed by atoms with van der Waals surface area (Å²) in [6.45, 7) is 4.15. The summed E-state index contributed by atoms with van der Waals surface area (Å²) in [6.07, 6.45) is 0. The van der Waals surface area contributed by atoms with Crippen molar-refractivity contribution in [3.8, 4) is 17.2 Å². The zero-order chi connectivity index (χ0) is 17.6. The van der Waals surface area contributed by atoms with Crippen LogP contribution in [0.25, 0.3) is 11.5 Å². The molecule has 0 fully saturated rings. The molecule has 0 spiro atoms.